The lowest BCUT2D eigenvalue weighted by atomic mass is 9.39. The minimum absolute atomic E-state index is 0.0388. The highest BCUT2D eigenvalue weighted by Crippen LogP contribution is 2.67. The largest absolute Gasteiger partial charge is 0.413 e. The number of nitrogen functional groups attached to an aromatic ring is 1. The molecule has 35 heavy (non-hydrogen) atoms. The molecule has 1 aromatic carbocycles. The zero-order chi connectivity index (χ0) is 26.1. The van der Waals surface area contributed by atoms with Gasteiger partial charge < -0.3 is 15.3 Å². The van der Waals surface area contributed by atoms with Gasteiger partial charge in [-0.3, -0.25) is 4.79 Å². The Morgan fingerprint density at radius 1 is 1.14 bits per heavy atom. The Hall–Kier alpha value is -1.43. The van der Waals surface area contributed by atoms with E-state index in [0.717, 1.165) is 49.4 Å². The minimum Gasteiger partial charge on any atom is -0.413 e. The van der Waals surface area contributed by atoms with Gasteiger partial charge in [-0.2, -0.15) is 0 Å². The molecular weight excluding hydrogens is 450 g/mol. The van der Waals surface area contributed by atoms with Gasteiger partial charge in [0.15, 0.2) is 8.32 Å². The van der Waals surface area contributed by atoms with Crippen LogP contribution in [0.15, 0.2) is 36.9 Å². The number of Topliss-reactive ketones (excluding diaryl/α,β-unsaturated/α-hetero) is 1. The SMILES string of the molecule is C=C[C@]1(C)[C@@H](O[Si](CC)(CC)CC)CC[C@@]2(C)[C@H]1CC[C@@H](CO)[C@]2(C)C(=O)Cc1ccccc1N. The molecule has 0 radical (unpaired) electrons. The second-order valence-electron chi connectivity index (χ2n) is 11.9. The molecule has 0 aromatic heterocycles. The number of rotatable bonds is 10. The summed E-state index contributed by atoms with van der Waals surface area (Å²) < 4.78 is 7.14. The maximum absolute atomic E-state index is 14.2. The van der Waals surface area contributed by atoms with Gasteiger partial charge in [0, 0.05) is 29.5 Å². The first-order valence-corrected chi connectivity index (χ1v) is 16.3. The Bertz CT molecular complexity index is 906. The van der Waals surface area contributed by atoms with Crippen molar-refractivity contribution in [2.75, 3.05) is 12.3 Å². The van der Waals surface area contributed by atoms with E-state index < -0.39 is 13.7 Å². The van der Waals surface area contributed by atoms with Crippen molar-refractivity contribution in [2.45, 2.75) is 97.9 Å². The highest BCUT2D eigenvalue weighted by atomic mass is 28.4. The van der Waals surface area contributed by atoms with Crippen LogP contribution in [0.5, 0.6) is 0 Å². The van der Waals surface area contributed by atoms with Crippen molar-refractivity contribution < 1.29 is 14.3 Å². The van der Waals surface area contributed by atoms with E-state index in [2.05, 4.69) is 54.2 Å². The molecule has 0 saturated heterocycles. The Kier molecular flexibility index (Phi) is 8.45. The molecule has 4 nitrogen and oxygen atoms in total. The van der Waals surface area contributed by atoms with E-state index in [9.17, 15) is 9.90 Å². The van der Waals surface area contributed by atoms with E-state index in [4.69, 9.17) is 10.2 Å². The normalized spacial score (nSPS) is 35.3. The molecule has 0 bridgehead atoms. The monoisotopic (exact) mass is 499 g/mol. The van der Waals surface area contributed by atoms with Crippen molar-refractivity contribution >= 4 is 19.8 Å². The summed E-state index contributed by atoms with van der Waals surface area (Å²) in [5.74, 6) is 0.420. The topological polar surface area (TPSA) is 72.5 Å². The van der Waals surface area contributed by atoms with Gasteiger partial charge in [0.25, 0.3) is 0 Å². The van der Waals surface area contributed by atoms with Crippen molar-refractivity contribution in [3.05, 3.63) is 42.5 Å². The Morgan fingerprint density at radius 2 is 1.77 bits per heavy atom. The molecule has 2 fully saturated rings. The molecule has 3 rings (SSSR count). The first-order chi connectivity index (χ1) is 16.5. The summed E-state index contributed by atoms with van der Waals surface area (Å²) >= 11 is 0. The molecule has 0 amide bonds. The smallest absolute Gasteiger partial charge is 0.192 e. The maximum Gasteiger partial charge on any atom is 0.192 e. The van der Waals surface area contributed by atoms with Gasteiger partial charge in [0.1, 0.15) is 5.78 Å². The lowest BCUT2D eigenvalue weighted by molar-refractivity contribution is -0.188. The fourth-order valence-electron chi connectivity index (χ4n) is 7.83. The number of fused-ring (bicyclic) bond motifs is 1. The number of ketones is 1. The average molecular weight is 500 g/mol. The van der Waals surface area contributed by atoms with Gasteiger partial charge in [0.2, 0.25) is 0 Å². The minimum atomic E-state index is -1.79. The van der Waals surface area contributed by atoms with Crippen LogP contribution in [-0.4, -0.2) is 31.9 Å². The first kappa shape index (κ1) is 28.1. The third-order valence-corrected chi connectivity index (χ3v) is 15.6. The Morgan fingerprint density at radius 3 is 2.31 bits per heavy atom. The van der Waals surface area contributed by atoms with E-state index >= 15 is 0 Å². The van der Waals surface area contributed by atoms with E-state index in [1.165, 1.54) is 0 Å². The van der Waals surface area contributed by atoms with Crippen molar-refractivity contribution in [3.8, 4) is 0 Å². The summed E-state index contributed by atoms with van der Waals surface area (Å²) in [4.78, 5) is 14.2. The molecule has 5 heteroatoms. The zero-order valence-electron chi connectivity index (χ0n) is 23.0. The van der Waals surface area contributed by atoms with Crippen molar-refractivity contribution in [1.82, 2.24) is 0 Å². The summed E-state index contributed by atoms with van der Waals surface area (Å²) in [7, 11) is -1.79. The van der Waals surface area contributed by atoms with Gasteiger partial charge in [-0.15, -0.1) is 6.58 Å². The second-order valence-corrected chi connectivity index (χ2v) is 16.6. The van der Waals surface area contributed by atoms with Crippen LogP contribution in [0.25, 0.3) is 0 Å². The van der Waals surface area contributed by atoms with E-state index in [-0.39, 0.29) is 41.2 Å². The maximum atomic E-state index is 14.2. The quantitative estimate of drug-likeness (QED) is 0.211. The molecule has 0 aliphatic heterocycles. The number of carbonyl (C=O) groups excluding carboxylic acids is 1. The third kappa shape index (κ3) is 4.46. The molecule has 0 heterocycles. The molecule has 0 spiro atoms. The van der Waals surface area contributed by atoms with Crippen molar-refractivity contribution in [3.63, 3.8) is 0 Å². The number of aliphatic hydroxyl groups excluding tert-OH is 1. The van der Waals surface area contributed by atoms with Crippen LogP contribution in [-0.2, 0) is 15.6 Å². The molecule has 3 N–H and O–H groups in total. The van der Waals surface area contributed by atoms with Crippen LogP contribution in [0.3, 0.4) is 0 Å². The van der Waals surface area contributed by atoms with Crippen LogP contribution >= 0.6 is 0 Å². The highest BCUT2D eigenvalue weighted by Gasteiger charge is 2.65. The predicted octanol–water partition coefficient (Wildman–Crippen LogP) is 6.79. The van der Waals surface area contributed by atoms with Crippen LogP contribution in [0.4, 0.5) is 5.69 Å². The Labute approximate surface area is 214 Å². The van der Waals surface area contributed by atoms with Gasteiger partial charge in [0.05, 0.1) is 6.10 Å². The number of carbonyl (C=O) groups is 1. The molecule has 2 aliphatic rings. The van der Waals surface area contributed by atoms with Gasteiger partial charge in [-0.25, -0.2) is 0 Å². The molecule has 2 aliphatic carbocycles. The predicted molar refractivity (Wildman–Crippen MR) is 149 cm³/mol. The molecule has 0 unspecified atom stereocenters. The van der Waals surface area contributed by atoms with E-state index in [1.54, 1.807) is 0 Å². The summed E-state index contributed by atoms with van der Waals surface area (Å²) in [6.45, 7) is 18.0. The fourth-order valence-corrected chi connectivity index (χ4v) is 10.8. The van der Waals surface area contributed by atoms with Crippen molar-refractivity contribution in [1.29, 1.82) is 0 Å². The number of hydrogen-bond donors (Lipinski definition) is 2. The van der Waals surface area contributed by atoms with Gasteiger partial charge in [-0.1, -0.05) is 65.8 Å². The summed E-state index contributed by atoms with van der Waals surface area (Å²) in [5.41, 5.74) is 6.67. The third-order valence-electron chi connectivity index (χ3n) is 10.9. The number of benzene rings is 1. The molecule has 2 saturated carbocycles. The van der Waals surface area contributed by atoms with Crippen molar-refractivity contribution in [2.24, 2.45) is 28.1 Å². The van der Waals surface area contributed by atoms with Crippen LogP contribution in [0, 0.1) is 28.1 Å². The number of aliphatic hydroxyl groups is 1. The van der Waals surface area contributed by atoms with E-state index in [1.807, 2.05) is 24.3 Å². The van der Waals surface area contributed by atoms with Crippen LogP contribution < -0.4 is 5.73 Å². The zero-order valence-corrected chi connectivity index (χ0v) is 24.0. The second kappa shape index (κ2) is 10.5. The van der Waals surface area contributed by atoms with Gasteiger partial charge in [-0.05, 0) is 72.7 Å². The number of para-hydroxylation sites is 1. The lowest BCUT2D eigenvalue weighted by Gasteiger charge is -2.65. The molecule has 196 valence electrons. The summed E-state index contributed by atoms with van der Waals surface area (Å²) in [5, 5.41) is 10.5. The van der Waals surface area contributed by atoms with Crippen LogP contribution in [0.2, 0.25) is 18.1 Å². The van der Waals surface area contributed by atoms with E-state index in [0.29, 0.717) is 12.1 Å². The number of hydrogen-bond acceptors (Lipinski definition) is 4. The highest BCUT2D eigenvalue weighted by molar-refractivity contribution is 6.73. The lowest BCUT2D eigenvalue weighted by Crippen LogP contribution is -2.65. The standard InChI is InChI=1S/C30H49NO3Si/c1-8-28(5)25-17-16-23(21-32)30(7,26(33)20-22-14-12-13-15-24(22)31)29(25,6)19-18-27(28)34-35(9-2,10-3)11-4/h8,12-15,23,25,27,32H,1,9-11,16-21,31H2,2-7H3/t23-,25-,27-,28-,29-,30+/m0/s1. The summed E-state index contributed by atoms with van der Waals surface area (Å²) in [6.07, 6.45) is 6.27. The summed E-state index contributed by atoms with van der Waals surface area (Å²) in [6, 6.07) is 11.1. The first-order valence-electron chi connectivity index (χ1n) is 13.8. The van der Waals surface area contributed by atoms with Gasteiger partial charge >= 0.3 is 0 Å². The van der Waals surface area contributed by atoms with Crippen LogP contribution in [0.1, 0.15) is 72.8 Å². The molecule has 1 aromatic rings. The fraction of sp³-hybridized carbons (Fsp3) is 0.700. The molecule has 6 atom stereocenters. The average Bonchev–Trinajstić information content (AvgIpc) is 2.86. The number of nitrogens with two attached hydrogens (primary N) is 1. The number of anilines is 1. The Balaban J connectivity index is 2.02. The molecular formula is C30H49NO3Si.